The van der Waals surface area contributed by atoms with Crippen molar-refractivity contribution in [2.24, 2.45) is 17.3 Å². The van der Waals surface area contributed by atoms with Crippen molar-refractivity contribution in [3.63, 3.8) is 0 Å². The molecule has 4 nitrogen and oxygen atoms in total. The largest absolute Gasteiger partial charge is 0.448 e. The fraction of sp³-hybridized carbons (Fsp3) is 0.733. The maximum Gasteiger partial charge on any atom is 0.407 e. The summed E-state index contributed by atoms with van der Waals surface area (Å²) >= 11 is 0. The lowest BCUT2D eigenvalue weighted by Crippen LogP contribution is -2.44. The maximum atomic E-state index is 12.0. The van der Waals surface area contributed by atoms with Crippen LogP contribution in [0, 0.1) is 17.3 Å². The second kappa shape index (κ2) is 4.66. The molecule has 3 aliphatic rings. The first-order valence-electron chi connectivity index (χ1n) is 7.23. The predicted octanol–water partition coefficient (Wildman–Crippen LogP) is 2.44. The van der Waals surface area contributed by atoms with Gasteiger partial charge in [0.15, 0.2) is 0 Å². The molecule has 0 spiro atoms. The van der Waals surface area contributed by atoms with E-state index in [-0.39, 0.29) is 30.4 Å². The molecule has 3 aliphatic carbocycles. The molecule has 0 aromatic carbocycles. The Balaban J connectivity index is 1.58. The number of alkyl carbamates (subject to hydrolysis) is 1. The van der Waals surface area contributed by atoms with E-state index < -0.39 is 5.41 Å². The van der Waals surface area contributed by atoms with Crippen molar-refractivity contribution in [1.82, 2.24) is 5.32 Å². The number of hydrogen-bond donors (Lipinski definition) is 1. The van der Waals surface area contributed by atoms with Crippen molar-refractivity contribution in [2.45, 2.75) is 45.1 Å². The highest BCUT2D eigenvalue weighted by Gasteiger charge is 2.52. The lowest BCUT2D eigenvalue weighted by Gasteiger charge is -2.33. The third-order valence-corrected chi connectivity index (χ3v) is 5.10. The first-order valence-corrected chi connectivity index (χ1v) is 7.23. The van der Waals surface area contributed by atoms with E-state index in [2.05, 4.69) is 17.5 Å². The van der Waals surface area contributed by atoms with Crippen LogP contribution in [-0.2, 0) is 9.53 Å². The zero-order valence-electron chi connectivity index (χ0n) is 11.4. The van der Waals surface area contributed by atoms with Crippen LogP contribution >= 0.6 is 0 Å². The van der Waals surface area contributed by atoms with Gasteiger partial charge in [0.25, 0.3) is 0 Å². The third-order valence-electron chi connectivity index (χ3n) is 5.10. The average molecular weight is 263 g/mol. The van der Waals surface area contributed by atoms with E-state index in [1.165, 1.54) is 6.42 Å². The predicted molar refractivity (Wildman–Crippen MR) is 70.6 cm³/mol. The number of Topliss-reactive ketones (excluding diaryl/α,β-unsaturated/α-hetero) is 1. The number of rotatable bonds is 4. The number of allylic oxidation sites excluding steroid dienone is 2. The molecular formula is C15H21NO3. The second-order valence-electron chi connectivity index (χ2n) is 6.25. The number of carbonyl (C=O) groups is 2. The fourth-order valence-corrected chi connectivity index (χ4v) is 3.58. The highest BCUT2D eigenvalue weighted by Crippen LogP contribution is 2.52. The smallest absolute Gasteiger partial charge is 0.407 e. The Morgan fingerprint density at radius 1 is 1.37 bits per heavy atom. The molecule has 2 fully saturated rings. The number of carbonyl (C=O) groups excluding carboxylic acids is 2. The fourth-order valence-electron chi connectivity index (χ4n) is 3.58. The van der Waals surface area contributed by atoms with Gasteiger partial charge in [-0.05, 0) is 50.9 Å². The third kappa shape index (κ3) is 2.17. The van der Waals surface area contributed by atoms with Gasteiger partial charge in [-0.3, -0.25) is 4.79 Å². The van der Waals surface area contributed by atoms with E-state index in [4.69, 9.17) is 4.74 Å². The van der Waals surface area contributed by atoms with Gasteiger partial charge in [0.05, 0.1) is 5.41 Å². The van der Waals surface area contributed by atoms with Gasteiger partial charge in [0, 0.05) is 6.04 Å². The van der Waals surface area contributed by atoms with Gasteiger partial charge in [0.1, 0.15) is 12.4 Å². The van der Waals surface area contributed by atoms with Crippen LogP contribution in [0.1, 0.15) is 39.0 Å². The Hall–Kier alpha value is -1.32. The van der Waals surface area contributed by atoms with E-state index >= 15 is 0 Å². The van der Waals surface area contributed by atoms with Gasteiger partial charge in [-0.15, -0.1) is 0 Å². The molecule has 0 radical (unpaired) electrons. The van der Waals surface area contributed by atoms with Gasteiger partial charge in [-0.2, -0.15) is 0 Å². The van der Waals surface area contributed by atoms with Crippen LogP contribution in [0.2, 0.25) is 0 Å². The molecule has 3 atom stereocenters. The maximum absolute atomic E-state index is 12.0. The van der Waals surface area contributed by atoms with Crippen LogP contribution in [0.3, 0.4) is 0 Å². The van der Waals surface area contributed by atoms with Crippen LogP contribution < -0.4 is 5.32 Å². The van der Waals surface area contributed by atoms with Crippen LogP contribution in [0.25, 0.3) is 0 Å². The SMILES string of the molecule is CC(=O)[C@@]1(COC(=O)NC2CCC2)C[C@@H]2C=C[C@H]1C2. The number of ketones is 1. The highest BCUT2D eigenvalue weighted by atomic mass is 16.5. The van der Waals surface area contributed by atoms with Crippen molar-refractivity contribution < 1.29 is 14.3 Å². The average Bonchev–Trinajstić information content (AvgIpc) is 2.92. The summed E-state index contributed by atoms with van der Waals surface area (Å²) in [5.41, 5.74) is -0.462. The molecule has 0 aromatic rings. The minimum Gasteiger partial charge on any atom is -0.448 e. The first-order chi connectivity index (χ1) is 9.10. The normalized spacial score (nSPS) is 36.1. The Morgan fingerprint density at radius 2 is 2.16 bits per heavy atom. The van der Waals surface area contributed by atoms with E-state index in [0.717, 1.165) is 25.7 Å². The summed E-state index contributed by atoms with van der Waals surface area (Å²) in [6, 6.07) is 0.278. The summed E-state index contributed by atoms with van der Waals surface area (Å²) in [6.45, 7) is 1.86. The number of nitrogens with one attached hydrogen (secondary N) is 1. The lowest BCUT2D eigenvalue weighted by atomic mass is 9.73. The minimum absolute atomic E-state index is 0.154. The molecule has 0 unspecified atom stereocenters. The zero-order valence-corrected chi connectivity index (χ0v) is 11.4. The molecule has 1 amide bonds. The summed E-state index contributed by atoms with van der Waals surface area (Å²) in [5, 5.41) is 2.85. The molecule has 104 valence electrons. The van der Waals surface area contributed by atoms with Gasteiger partial charge in [0.2, 0.25) is 0 Å². The minimum atomic E-state index is -0.462. The summed E-state index contributed by atoms with van der Waals surface area (Å²) in [7, 11) is 0. The number of fused-ring (bicyclic) bond motifs is 2. The number of ether oxygens (including phenoxy) is 1. The highest BCUT2D eigenvalue weighted by molar-refractivity contribution is 5.84. The van der Waals surface area contributed by atoms with Crippen molar-refractivity contribution >= 4 is 11.9 Å². The molecular weight excluding hydrogens is 242 g/mol. The van der Waals surface area contributed by atoms with Crippen molar-refractivity contribution in [3.05, 3.63) is 12.2 Å². The van der Waals surface area contributed by atoms with E-state index in [1.54, 1.807) is 6.92 Å². The van der Waals surface area contributed by atoms with E-state index in [9.17, 15) is 9.59 Å². The summed E-state index contributed by atoms with van der Waals surface area (Å²) in [6.07, 6.45) is 9.09. The van der Waals surface area contributed by atoms with Gasteiger partial charge in [-0.1, -0.05) is 12.2 Å². The van der Waals surface area contributed by atoms with Crippen molar-refractivity contribution in [1.29, 1.82) is 0 Å². The molecule has 4 heteroatoms. The van der Waals surface area contributed by atoms with Gasteiger partial charge >= 0.3 is 6.09 Å². The number of amides is 1. The quantitative estimate of drug-likeness (QED) is 0.793. The molecule has 1 N–H and O–H groups in total. The molecule has 0 aromatic heterocycles. The molecule has 0 aliphatic heterocycles. The number of hydrogen-bond acceptors (Lipinski definition) is 3. The summed E-state index contributed by atoms with van der Waals surface area (Å²) in [4.78, 5) is 23.7. The Morgan fingerprint density at radius 3 is 2.63 bits per heavy atom. The lowest BCUT2D eigenvalue weighted by molar-refractivity contribution is -0.130. The topological polar surface area (TPSA) is 55.4 Å². The van der Waals surface area contributed by atoms with Crippen LogP contribution in [0.4, 0.5) is 4.79 Å². The molecule has 2 bridgehead atoms. The zero-order chi connectivity index (χ0) is 13.5. The van der Waals surface area contributed by atoms with Crippen LogP contribution in [0.5, 0.6) is 0 Å². The molecule has 2 saturated carbocycles. The van der Waals surface area contributed by atoms with Crippen molar-refractivity contribution in [2.75, 3.05) is 6.61 Å². The molecule has 3 rings (SSSR count). The van der Waals surface area contributed by atoms with E-state index in [1.807, 2.05) is 0 Å². The van der Waals surface area contributed by atoms with Crippen molar-refractivity contribution in [3.8, 4) is 0 Å². The van der Waals surface area contributed by atoms with Gasteiger partial charge < -0.3 is 10.1 Å². The first kappa shape index (κ1) is 12.7. The van der Waals surface area contributed by atoms with Crippen LogP contribution in [0.15, 0.2) is 12.2 Å². The standard InChI is InChI=1S/C15H21NO3/c1-10(17)15(8-11-5-6-12(15)7-11)9-19-14(18)16-13-3-2-4-13/h5-6,11-13H,2-4,7-9H2,1H3,(H,16,18)/t11-,12+,15+/m1/s1. The second-order valence-corrected chi connectivity index (χ2v) is 6.25. The van der Waals surface area contributed by atoms with Crippen LogP contribution in [-0.4, -0.2) is 24.5 Å². The summed E-state index contributed by atoms with van der Waals surface area (Å²) < 4.78 is 5.34. The Bertz CT molecular complexity index is 427. The molecule has 0 saturated heterocycles. The van der Waals surface area contributed by atoms with Gasteiger partial charge in [-0.25, -0.2) is 4.79 Å². The molecule has 19 heavy (non-hydrogen) atoms. The Kier molecular flexibility index (Phi) is 3.11. The molecule has 0 heterocycles. The monoisotopic (exact) mass is 263 g/mol. The summed E-state index contributed by atoms with van der Waals surface area (Å²) in [5.74, 6) is 0.902. The van der Waals surface area contributed by atoms with E-state index in [0.29, 0.717) is 5.92 Å². The Labute approximate surface area is 113 Å².